The van der Waals surface area contributed by atoms with Crippen LogP contribution in [0.15, 0.2) is 27.6 Å². The molecule has 1 aromatic rings. The van der Waals surface area contributed by atoms with Crippen LogP contribution >= 0.6 is 27.7 Å². The number of phenols is 1. The molecular formula is C13H10BrNO5S. The van der Waals surface area contributed by atoms with Crippen LogP contribution in [0.4, 0.5) is 4.79 Å². The average molecular weight is 372 g/mol. The molecule has 0 radical (unpaired) electrons. The molecule has 6 nitrogen and oxygen atoms in total. The first-order valence-corrected chi connectivity index (χ1v) is 7.34. The van der Waals surface area contributed by atoms with E-state index in [0.29, 0.717) is 17.3 Å². The van der Waals surface area contributed by atoms with Gasteiger partial charge < -0.3 is 9.84 Å². The van der Waals surface area contributed by atoms with Crippen molar-refractivity contribution in [2.75, 3.05) is 13.7 Å². The van der Waals surface area contributed by atoms with Crippen LogP contribution in [0.5, 0.6) is 5.75 Å². The van der Waals surface area contributed by atoms with Gasteiger partial charge in [-0.1, -0.05) is 15.9 Å². The maximum atomic E-state index is 12.1. The Morgan fingerprint density at radius 2 is 2.19 bits per heavy atom. The van der Waals surface area contributed by atoms with Gasteiger partial charge in [0.2, 0.25) is 0 Å². The van der Waals surface area contributed by atoms with Crippen LogP contribution in [0.3, 0.4) is 0 Å². The average Bonchev–Trinajstić information content (AvgIpc) is 2.70. The summed E-state index contributed by atoms with van der Waals surface area (Å²) in [6.07, 6.45) is 1.41. The van der Waals surface area contributed by atoms with Gasteiger partial charge in [-0.15, -0.1) is 0 Å². The molecule has 0 spiro atoms. The molecule has 1 aliphatic heterocycles. The number of halogens is 1. The summed E-state index contributed by atoms with van der Waals surface area (Å²) in [5.74, 6) is -1.28. The molecule has 0 atom stereocenters. The van der Waals surface area contributed by atoms with Crippen LogP contribution in [-0.2, 0) is 14.3 Å². The van der Waals surface area contributed by atoms with E-state index >= 15 is 0 Å². The Kier molecular flexibility index (Phi) is 4.69. The summed E-state index contributed by atoms with van der Waals surface area (Å²) in [6.45, 7) is -0.428. The van der Waals surface area contributed by atoms with E-state index in [4.69, 9.17) is 0 Å². The van der Waals surface area contributed by atoms with Crippen molar-refractivity contribution in [3.63, 3.8) is 0 Å². The van der Waals surface area contributed by atoms with Gasteiger partial charge in [0, 0.05) is 10.0 Å². The molecule has 0 aromatic heterocycles. The van der Waals surface area contributed by atoms with Crippen molar-refractivity contribution in [1.29, 1.82) is 0 Å². The number of carbonyl (C=O) groups excluding carboxylic acids is 3. The van der Waals surface area contributed by atoms with Gasteiger partial charge in [0.25, 0.3) is 11.1 Å². The number of rotatable bonds is 3. The quantitative estimate of drug-likeness (QED) is 0.648. The predicted molar refractivity (Wildman–Crippen MR) is 80.5 cm³/mol. The van der Waals surface area contributed by atoms with E-state index in [1.165, 1.54) is 19.3 Å². The lowest BCUT2D eigenvalue weighted by Gasteiger charge is -2.09. The Bertz CT molecular complexity index is 658. The minimum Gasteiger partial charge on any atom is -0.507 e. The van der Waals surface area contributed by atoms with Gasteiger partial charge in [-0.25, -0.2) is 0 Å². The first-order chi connectivity index (χ1) is 9.92. The minimum atomic E-state index is -0.677. The van der Waals surface area contributed by atoms with E-state index in [0.717, 1.165) is 9.37 Å². The molecule has 1 N–H and O–H groups in total. The third-order valence-electron chi connectivity index (χ3n) is 2.66. The fourth-order valence-electron chi connectivity index (χ4n) is 1.61. The summed E-state index contributed by atoms with van der Waals surface area (Å²) in [5, 5.41) is 9.19. The molecule has 1 saturated heterocycles. The lowest BCUT2D eigenvalue weighted by molar-refractivity contribution is -0.143. The van der Waals surface area contributed by atoms with Crippen LogP contribution < -0.4 is 0 Å². The van der Waals surface area contributed by atoms with Crippen molar-refractivity contribution >= 4 is 50.9 Å². The van der Waals surface area contributed by atoms with Crippen molar-refractivity contribution in [2.45, 2.75) is 0 Å². The van der Waals surface area contributed by atoms with Gasteiger partial charge in [-0.3, -0.25) is 19.3 Å². The SMILES string of the molecule is COC(=O)CN1C(=O)S/C(=C/c2cc(Br)ccc2O)C1=O. The number of carbonyl (C=O) groups is 3. The van der Waals surface area contributed by atoms with Gasteiger partial charge in [0.15, 0.2) is 0 Å². The molecular weight excluding hydrogens is 362 g/mol. The molecule has 1 heterocycles. The molecule has 1 fully saturated rings. The van der Waals surface area contributed by atoms with Crippen molar-refractivity contribution in [3.05, 3.63) is 33.1 Å². The third-order valence-corrected chi connectivity index (χ3v) is 4.07. The molecule has 0 bridgehead atoms. The van der Waals surface area contributed by atoms with Crippen molar-refractivity contribution in [2.24, 2.45) is 0 Å². The van der Waals surface area contributed by atoms with Crippen LogP contribution in [0.25, 0.3) is 6.08 Å². The first kappa shape index (κ1) is 15.6. The molecule has 2 rings (SSSR count). The Balaban J connectivity index is 2.28. The second-order valence-corrected chi connectivity index (χ2v) is 5.96. The maximum absolute atomic E-state index is 12.1. The summed E-state index contributed by atoms with van der Waals surface area (Å²) in [7, 11) is 1.18. The highest BCUT2D eigenvalue weighted by Crippen LogP contribution is 2.34. The zero-order valence-electron chi connectivity index (χ0n) is 10.8. The Morgan fingerprint density at radius 3 is 2.86 bits per heavy atom. The van der Waals surface area contributed by atoms with Crippen LogP contribution in [0, 0.1) is 0 Å². The van der Waals surface area contributed by atoms with E-state index in [1.807, 2.05) is 0 Å². The molecule has 0 aliphatic carbocycles. The number of amides is 2. The summed E-state index contributed by atoms with van der Waals surface area (Å²) in [5.41, 5.74) is 0.396. The Labute approximate surface area is 132 Å². The number of methoxy groups -OCH3 is 1. The fraction of sp³-hybridized carbons (Fsp3) is 0.154. The fourth-order valence-corrected chi connectivity index (χ4v) is 2.82. The number of esters is 1. The summed E-state index contributed by atoms with van der Waals surface area (Å²) in [4.78, 5) is 35.9. The van der Waals surface area contributed by atoms with Crippen LogP contribution in [0.2, 0.25) is 0 Å². The molecule has 8 heteroatoms. The van der Waals surface area contributed by atoms with Gasteiger partial charge in [-0.2, -0.15) is 0 Å². The summed E-state index contributed by atoms with van der Waals surface area (Å²) in [6, 6.07) is 4.73. The maximum Gasteiger partial charge on any atom is 0.325 e. The van der Waals surface area contributed by atoms with Gasteiger partial charge in [0.1, 0.15) is 12.3 Å². The van der Waals surface area contributed by atoms with Crippen molar-refractivity contribution < 1.29 is 24.2 Å². The number of aromatic hydroxyl groups is 1. The second kappa shape index (κ2) is 6.31. The topological polar surface area (TPSA) is 83.9 Å². The number of ether oxygens (including phenoxy) is 1. The normalized spacial score (nSPS) is 16.7. The zero-order chi connectivity index (χ0) is 15.6. The standard InChI is InChI=1S/C13H10BrNO5S/c1-20-11(17)6-15-12(18)10(21-13(15)19)5-7-4-8(14)2-3-9(7)16/h2-5,16H,6H2,1H3/b10-5+. The smallest absolute Gasteiger partial charge is 0.325 e. The number of imide groups is 1. The van der Waals surface area contributed by atoms with E-state index < -0.39 is 23.7 Å². The third kappa shape index (κ3) is 3.45. The molecule has 1 aliphatic rings. The lowest BCUT2D eigenvalue weighted by atomic mass is 10.2. The Morgan fingerprint density at radius 1 is 1.48 bits per heavy atom. The van der Waals surface area contributed by atoms with Crippen LogP contribution in [-0.4, -0.2) is 40.8 Å². The highest BCUT2D eigenvalue weighted by molar-refractivity contribution is 9.10. The highest BCUT2D eigenvalue weighted by Gasteiger charge is 2.36. The minimum absolute atomic E-state index is 0.0158. The highest BCUT2D eigenvalue weighted by atomic mass is 79.9. The van der Waals surface area contributed by atoms with E-state index in [2.05, 4.69) is 20.7 Å². The largest absolute Gasteiger partial charge is 0.507 e. The Hall–Kier alpha value is -1.80. The number of benzene rings is 1. The summed E-state index contributed by atoms with van der Waals surface area (Å²) >= 11 is 3.96. The zero-order valence-corrected chi connectivity index (χ0v) is 13.2. The molecule has 0 unspecified atom stereocenters. The monoisotopic (exact) mass is 371 g/mol. The molecule has 1 aromatic carbocycles. The van der Waals surface area contributed by atoms with Crippen LogP contribution in [0.1, 0.15) is 5.56 Å². The first-order valence-electron chi connectivity index (χ1n) is 5.73. The van der Waals surface area contributed by atoms with Crippen molar-refractivity contribution in [1.82, 2.24) is 4.90 Å². The number of hydrogen-bond donors (Lipinski definition) is 1. The lowest BCUT2D eigenvalue weighted by Crippen LogP contribution is -2.34. The molecule has 0 saturated carbocycles. The van der Waals surface area contributed by atoms with E-state index in [1.54, 1.807) is 12.1 Å². The number of nitrogens with zero attached hydrogens (tertiary/aromatic N) is 1. The molecule has 2 amide bonds. The van der Waals surface area contributed by atoms with E-state index in [-0.39, 0.29) is 10.7 Å². The van der Waals surface area contributed by atoms with E-state index in [9.17, 15) is 19.5 Å². The van der Waals surface area contributed by atoms with Gasteiger partial charge in [0.05, 0.1) is 12.0 Å². The number of phenolic OH excluding ortho intramolecular Hbond substituents is 1. The van der Waals surface area contributed by atoms with Gasteiger partial charge in [-0.05, 0) is 36.0 Å². The number of hydrogen-bond acceptors (Lipinski definition) is 6. The predicted octanol–water partition coefficient (Wildman–Crippen LogP) is 2.36. The second-order valence-electron chi connectivity index (χ2n) is 4.05. The summed E-state index contributed by atoms with van der Waals surface area (Å²) < 4.78 is 5.16. The number of thioether (sulfide) groups is 1. The molecule has 21 heavy (non-hydrogen) atoms. The van der Waals surface area contributed by atoms with Crippen molar-refractivity contribution in [3.8, 4) is 5.75 Å². The molecule has 110 valence electrons. The van der Waals surface area contributed by atoms with Gasteiger partial charge >= 0.3 is 5.97 Å².